The van der Waals surface area contributed by atoms with Gasteiger partial charge in [-0.2, -0.15) is 4.31 Å². The largest absolute Gasteiger partial charge is 0.478 e. The zero-order valence-electron chi connectivity index (χ0n) is 12.2. The first kappa shape index (κ1) is 15.7. The van der Waals surface area contributed by atoms with E-state index in [2.05, 4.69) is 0 Å². The average Bonchev–Trinajstić information content (AvgIpc) is 2.46. The lowest BCUT2D eigenvalue weighted by molar-refractivity contribution is 0.0696. The molecule has 0 spiro atoms. The Morgan fingerprint density at radius 2 is 2.10 bits per heavy atom. The maximum Gasteiger partial charge on any atom is 0.335 e. The van der Waals surface area contributed by atoms with Crippen molar-refractivity contribution in [1.82, 2.24) is 4.31 Å². The van der Waals surface area contributed by atoms with Crippen LogP contribution >= 0.6 is 0 Å². The Balaban J connectivity index is 2.50. The molecule has 1 aromatic carbocycles. The van der Waals surface area contributed by atoms with E-state index in [1.807, 2.05) is 19.9 Å². The molecule has 1 aliphatic heterocycles. The van der Waals surface area contributed by atoms with Crippen molar-refractivity contribution in [1.29, 1.82) is 0 Å². The van der Waals surface area contributed by atoms with Crippen molar-refractivity contribution in [3.63, 3.8) is 0 Å². The minimum atomic E-state index is -3.66. The second-order valence-electron chi connectivity index (χ2n) is 5.16. The van der Waals surface area contributed by atoms with Gasteiger partial charge in [-0.15, -0.1) is 0 Å². The van der Waals surface area contributed by atoms with Crippen LogP contribution in [-0.4, -0.2) is 36.9 Å². The molecule has 1 aromatic rings. The number of carboxylic acid groups (broad SMARTS) is 1. The van der Waals surface area contributed by atoms with Gasteiger partial charge in [-0.05, 0) is 37.5 Å². The fourth-order valence-corrected chi connectivity index (χ4v) is 4.26. The van der Waals surface area contributed by atoms with Crippen LogP contribution in [0.3, 0.4) is 0 Å². The summed E-state index contributed by atoms with van der Waals surface area (Å²) >= 11 is 0. The van der Waals surface area contributed by atoms with Crippen molar-refractivity contribution in [2.75, 3.05) is 13.1 Å². The summed E-state index contributed by atoms with van der Waals surface area (Å²) in [5.41, 5.74) is 1.65. The number of aryl methyl sites for hydroxylation is 1. The van der Waals surface area contributed by atoms with E-state index in [0.29, 0.717) is 31.5 Å². The smallest absolute Gasteiger partial charge is 0.335 e. The van der Waals surface area contributed by atoms with E-state index >= 15 is 0 Å². The number of aromatic carboxylic acids is 1. The third-order valence-electron chi connectivity index (χ3n) is 3.61. The molecule has 0 amide bonds. The number of nitrogens with zero attached hydrogens (tertiary/aromatic N) is 1. The highest BCUT2D eigenvalue weighted by Gasteiger charge is 2.28. The summed E-state index contributed by atoms with van der Waals surface area (Å²) in [7, 11) is -3.66. The number of carbonyl (C=O) groups is 1. The number of sulfonamides is 1. The summed E-state index contributed by atoms with van der Waals surface area (Å²) in [4.78, 5) is 11.2. The zero-order valence-corrected chi connectivity index (χ0v) is 13.0. The molecule has 0 saturated heterocycles. The van der Waals surface area contributed by atoms with Gasteiger partial charge in [-0.25, -0.2) is 13.2 Å². The fraction of sp³-hybridized carbons (Fsp3) is 0.400. The van der Waals surface area contributed by atoms with E-state index in [4.69, 9.17) is 5.11 Å². The lowest BCUT2D eigenvalue weighted by Gasteiger charge is -2.26. The van der Waals surface area contributed by atoms with E-state index < -0.39 is 16.0 Å². The van der Waals surface area contributed by atoms with Crippen LogP contribution in [-0.2, 0) is 16.4 Å². The second-order valence-corrected chi connectivity index (χ2v) is 7.07. The molecule has 0 bridgehead atoms. The SMILES string of the molecule is CCc1ccc(C(=O)O)cc1S(=O)(=O)N1CCC=C(C)C1. The summed E-state index contributed by atoms with van der Waals surface area (Å²) in [6.07, 6.45) is 3.25. The van der Waals surface area contributed by atoms with Gasteiger partial charge < -0.3 is 5.11 Å². The molecular weight excluding hydrogens is 290 g/mol. The Bertz CT molecular complexity index is 692. The monoisotopic (exact) mass is 309 g/mol. The maximum absolute atomic E-state index is 12.8. The van der Waals surface area contributed by atoms with Crippen molar-refractivity contribution in [2.24, 2.45) is 0 Å². The lowest BCUT2D eigenvalue weighted by atomic mass is 10.1. The highest BCUT2D eigenvalue weighted by molar-refractivity contribution is 7.89. The van der Waals surface area contributed by atoms with E-state index in [1.165, 1.54) is 16.4 Å². The Morgan fingerprint density at radius 1 is 1.38 bits per heavy atom. The molecule has 0 radical (unpaired) electrons. The number of hydrogen-bond acceptors (Lipinski definition) is 3. The van der Waals surface area contributed by atoms with Crippen molar-refractivity contribution >= 4 is 16.0 Å². The van der Waals surface area contributed by atoms with Gasteiger partial charge in [0, 0.05) is 13.1 Å². The molecular formula is C15H19NO4S. The molecule has 0 saturated carbocycles. The van der Waals surface area contributed by atoms with Crippen LogP contribution in [0, 0.1) is 0 Å². The number of rotatable bonds is 4. The van der Waals surface area contributed by atoms with Crippen molar-refractivity contribution in [2.45, 2.75) is 31.6 Å². The van der Waals surface area contributed by atoms with E-state index in [-0.39, 0.29) is 10.5 Å². The zero-order chi connectivity index (χ0) is 15.6. The first-order valence-corrected chi connectivity index (χ1v) is 8.32. The van der Waals surface area contributed by atoms with Gasteiger partial charge in [0.15, 0.2) is 0 Å². The molecule has 0 atom stereocenters. The summed E-state index contributed by atoms with van der Waals surface area (Å²) in [5.74, 6) is -1.12. The maximum atomic E-state index is 12.8. The van der Waals surface area contributed by atoms with Gasteiger partial charge in [0.05, 0.1) is 10.5 Å². The highest BCUT2D eigenvalue weighted by atomic mass is 32.2. The molecule has 5 nitrogen and oxygen atoms in total. The molecule has 1 aliphatic rings. The third kappa shape index (κ3) is 3.16. The topological polar surface area (TPSA) is 74.7 Å². The standard InChI is InChI=1S/C15H19NO4S/c1-3-12-6-7-13(15(17)18)9-14(12)21(19,20)16-8-4-5-11(2)10-16/h5-7,9H,3-4,8,10H2,1-2H3,(H,17,18). The molecule has 2 rings (SSSR count). The van der Waals surface area contributed by atoms with Crippen LogP contribution in [0.15, 0.2) is 34.7 Å². The van der Waals surface area contributed by atoms with Crippen LogP contribution in [0.25, 0.3) is 0 Å². The molecule has 0 aliphatic carbocycles. The van der Waals surface area contributed by atoms with Gasteiger partial charge in [-0.3, -0.25) is 0 Å². The summed E-state index contributed by atoms with van der Waals surface area (Å²) in [6.45, 7) is 4.55. The third-order valence-corrected chi connectivity index (χ3v) is 5.54. The summed E-state index contributed by atoms with van der Waals surface area (Å²) in [6, 6.07) is 4.30. The van der Waals surface area contributed by atoms with Crippen LogP contribution in [0.1, 0.15) is 36.2 Å². The quantitative estimate of drug-likeness (QED) is 0.866. The Morgan fingerprint density at radius 3 is 2.67 bits per heavy atom. The van der Waals surface area contributed by atoms with Crippen molar-refractivity contribution < 1.29 is 18.3 Å². The molecule has 21 heavy (non-hydrogen) atoms. The first-order valence-electron chi connectivity index (χ1n) is 6.88. The molecule has 6 heteroatoms. The van der Waals surface area contributed by atoms with Crippen LogP contribution in [0.4, 0.5) is 0 Å². The molecule has 114 valence electrons. The van der Waals surface area contributed by atoms with Crippen molar-refractivity contribution in [3.05, 3.63) is 41.0 Å². The Kier molecular flexibility index (Phi) is 4.49. The van der Waals surface area contributed by atoms with Crippen LogP contribution in [0.2, 0.25) is 0 Å². The first-order chi connectivity index (χ1) is 9.86. The minimum absolute atomic E-state index is 0.00458. The molecule has 0 aromatic heterocycles. The lowest BCUT2D eigenvalue weighted by Crippen LogP contribution is -2.36. The number of carboxylic acids is 1. The van der Waals surface area contributed by atoms with Gasteiger partial charge in [0.2, 0.25) is 10.0 Å². The normalized spacial score (nSPS) is 16.6. The second kappa shape index (κ2) is 5.99. The molecule has 1 N–H and O–H groups in total. The van der Waals surface area contributed by atoms with Crippen LogP contribution < -0.4 is 0 Å². The predicted molar refractivity (Wildman–Crippen MR) is 79.9 cm³/mol. The van der Waals surface area contributed by atoms with Gasteiger partial charge in [-0.1, -0.05) is 24.6 Å². The Hall–Kier alpha value is -1.66. The molecule has 0 fully saturated rings. The predicted octanol–water partition coefficient (Wildman–Crippen LogP) is 2.29. The number of benzene rings is 1. The van der Waals surface area contributed by atoms with Crippen molar-refractivity contribution in [3.8, 4) is 0 Å². The molecule has 0 unspecified atom stereocenters. The Labute approximate surface area is 124 Å². The van der Waals surface area contributed by atoms with E-state index in [9.17, 15) is 13.2 Å². The van der Waals surface area contributed by atoms with Gasteiger partial charge >= 0.3 is 5.97 Å². The minimum Gasteiger partial charge on any atom is -0.478 e. The highest BCUT2D eigenvalue weighted by Crippen LogP contribution is 2.25. The van der Waals surface area contributed by atoms with Gasteiger partial charge in [0.25, 0.3) is 0 Å². The van der Waals surface area contributed by atoms with Gasteiger partial charge in [0.1, 0.15) is 0 Å². The average molecular weight is 309 g/mol. The van der Waals surface area contributed by atoms with E-state index in [1.54, 1.807) is 6.07 Å². The fourth-order valence-electron chi connectivity index (χ4n) is 2.44. The van der Waals surface area contributed by atoms with E-state index in [0.717, 1.165) is 5.57 Å². The summed E-state index contributed by atoms with van der Waals surface area (Å²) < 4.78 is 27.0. The summed E-state index contributed by atoms with van der Waals surface area (Å²) in [5, 5.41) is 9.07. The molecule has 1 heterocycles. The van der Waals surface area contributed by atoms with Crippen LogP contribution in [0.5, 0.6) is 0 Å². The number of hydrogen-bond donors (Lipinski definition) is 1.